The molecular formula is C17H19N3O4. The molecule has 0 spiro atoms. The van der Waals surface area contributed by atoms with E-state index in [0.717, 1.165) is 17.5 Å². The molecule has 1 N–H and O–H groups in total. The van der Waals surface area contributed by atoms with Crippen LogP contribution in [0.15, 0.2) is 30.5 Å². The zero-order valence-corrected chi connectivity index (χ0v) is 13.4. The molecule has 7 heteroatoms. The summed E-state index contributed by atoms with van der Waals surface area (Å²) in [5, 5.41) is 2.70. The first-order valence-corrected chi connectivity index (χ1v) is 7.88. The smallest absolute Gasteiger partial charge is 0.328 e. The summed E-state index contributed by atoms with van der Waals surface area (Å²) in [5.41, 5.74) is 2.13. The molecule has 1 saturated heterocycles. The van der Waals surface area contributed by atoms with E-state index in [1.165, 1.54) is 7.11 Å². The van der Waals surface area contributed by atoms with E-state index in [0.29, 0.717) is 18.7 Å². The first-order valence-electron chi connectivity index (χ1n) is 7.88. The van der Waals surface area contributed by atoms with Crippen molar-refractivity contribution >= 4 is 22.9 Å². The molecule has 2 aromatic rings. The van der Waals surface area contributed by atoms with Gasteiger partial charge in [-0.2, -0.15) is 0 Å². The van der Waals surface area contributed by atoms with Crippen LogP contribution in [0.2, 0.25) is 0 Å². The van der Waals surface area contributed by atoms with Crippen LogP contribution in [0.4, 0.5) is 0 Å². The lowest BCUT2D eigenvalue weighted by Gasteiger charge is -2.18. The number of carbonyl (C=O) groups is 2. The van der Waals surface area contributed by atoms with E-state index in [1.54, 1.807) is 6.20 Å². The van der Waals surface area contributed by atoms with Crippen molar-refractivity contribution in [3.05, 3.63) is 36.2 Å². The van der Waals surface area contributed by atoms with Crippen LogP contribution in [0.25, 0.3) is 11.0 Å². The van der Waals surface area contributed by atoms with E-state index in [2.05, 4.69) is 15.3 Å². The number of rotatable bonds is 5. The number of aromatic nitrogens is 2. The van der Waals surface area contributed by atoms with Crippen LogP contribution in [0.3, 0.4) is 0 Å². The third-order valence-electron chi connectivity index (χ3n) is 3.94. The Morgan fingerprint density at radius 1 is 1.38 bits per heavy atom. The van der Waals surface area contributed by atoms with Crippen molar-refractivity contribution in [2.24, 2.45) is 0 Å². The quantitative estimate of drug-likeness (QED) is 0.823. The van der Waals surface area contributed by atoms with Gasteiger partial charge in [0.15, 0.2) is 0 Å². The number of amides is 1. The minimum atomic E-state index is -0.817. The number of methoxy groups -OCH3 is 1. The Bertz CT molecular complexity index is 743. The van der Waals surface area contributed by atoms with Crippen LogP contribution in [-0.2, 0) is 25.5 Å². The van der Waals surface area contributed by atoms with Gasteiger partial charge in [-0.05, 0) is 25.0 Å². The molecular weight excluding hydrogens is 310 g/mol. The lowest BCUT2D eigenvalue weighted by molar-refractivity contribution is -0.146. The largest absolute Gasteiger partial charge is 0.467 e. The van der Waals surface area contributed by atoms with Crippen LogP contribution < -0.4 is 5.32 Å². The molecule has 1 aromatic carbocycles. The molecule has 1 aromatic heterocycles. The average molecular weight is 329 g/mol. The highest BCUT2D eigenvalue weighted by Crippen LogP contribution is 2.13. The number of nitrogens with one attached hydrogen (secondary N) is 1. The number of fused-ring (bicyclic) bond motifs is 1. The Hall–Kier alpha value is -2.54. The van der Waals surface area contributed by atoms with Gasteiger partial charge in [-0.1, -0.05) is 12.1 Å². The first-order chi connectivity index (χ1) is 11.7. The van der Waals surface area contributed by atoms with Gasteiger partial charge in [0.2, 0.25) is 5.91 Å². The van der Waals surface area contributed by atoms with Crippen molar-refractivity contribution in [2.45, 2.75) is 31.4 Å². The molecule has 0 saturated carbocycles. The van der Waals surface area contributed by atoms with Gasteiger partial charge in [-0.3, -0.25) is 9.78 Å². The molecule has 1 aliphatic rings. The Balaban J connectivity index is 1.75. The Morgan fingerprint density at radius 2 is 2.17 bits per heavy atom. The highest BCUT2D eigenvalue weighted by atomic mass is 16.5. The standard InChI is InChI=1S/C17H19N3O4/c1-23-17(22)14(20-16(21)15-7-4-8-24-15)9-11-10-18-12-5-2-3-6-13(12)19-11/h2-3,5-6,10,14-15H,4,7-9H2,1H3,(H,20,21)/t14-,15-/m0/s1. The molecule has 3 rings (SSSR count). The number of hydrogen-bond donors (Lipinski definition) is 1. The van der Waals surface area contributed by atoms with E-state index in [-0.39, 0.29) is 12.3 Å². The number of benzene rings is 1. The van der Waals surface area contributed by atoms with Gasteiger partial charge >= 0.3 is 5.97 Å². The summed E-state index contributed by atoms with van der Waals surface area (Å²) in [5.74, 6) is -0.812. The van der Waals surface area contributed by atoms with Crippen molar-refractivity contribution in [3.8, 4) is 0 Å². The summed E-state index contributed by atoms with van der Waals surface area (Å²) < 4.78 is 10.1. The van der Waals surface area contributed by atoms with Gasteiger partial charge in [0.1, 0.15) is 12.1 Å². The van der Waals surface area contributed by atoms with E-state index in [1.807, 2.05) is 24.3 Å². The van der Waals surface area contributed by atoms with E-state index in [9.17, 15) is 9.59 Å². The summed E-state index contributed by atoms with van der Waals surface area (Å²) in [6.45, 7) is 0.567. The maximum absolute atomic E-state index is 12.2. The van der Waals surface area contributed by atoms with Crippen molar-refractivity contribution < 1.29 is 19.1 Å². The third-order valence-corrected chi connectivity index (χ3v) is 3.94. The topological polar surface area (TPSA) is 90.4 Å². The van der Waals surface area contributed by atoms with Gasteiger partial charge in [0, 0.05) is 19.2 Å². The predicted octanol–water partition coefficient (Wildman–Crippen LogP) is 1.01. The molecule has 2 atom stereocenters. The molecule has 0 aliphatic carbocycles. The summed E-state index contributed by atoms with van der Waals surface area (Å²) >= 11 is 0. The van der Waals surface area contributed by atoms with Gasteiger partial charge in [0.05, 0.1) is 23.8 Å². The third kappa shape index (κ3) is 3.68. The second kappa shape index (κ2) is 7.35. The fourth-order valence-electron chi connectivity index (χ4n) is 2.69. The molecule has 1 aliphatic heterocycles. The molecule has 0 radical (unpaired) electrons. The number of esters is 1. The average Bonchev–Trinajstić information content (AvgIpc) is 3.15. The highest BCUT2D eigenvalue weighted by Gasteiger charge is 2.29. The monoisotopic (exact) mass is 329 g/mol. The molecule has 1 amide bonds. The van der Waals surface area contributed by atoms with Crippen molar-refractivity contribution in [1.82, 2.24) is 15.3 Å². The molecule has 24 heavy (non-hydrogen) atoms. The summed E-state index contributed by atoms with van der Waals surface area (Å²) in [6.07, 6.45) is 2.83. The van der Waals surface area contributed by atoms with Crippen LogP contribution in [0.1, 0.15) is 18.5 Å². The molecule has 2 heterocycles. The minimum absolute atomic E-state index is 0.211. The Morgan fingerprint density at radius 3 is 2.88 bits per heavy atom. The van der Waals surface area contributed by atoms with Crippen LogP contribution in [0.5, 0.6) is 0 Å². The van der Waals surface area contributed by atoms with Crippen molar-refractivity contribution in [1.29, 1.82) is 0 Å². The number of nitrogens with zero attached hydrogens (tertiary/aromatic N) is 2. The zero-order chi connectivity index (χ0) is 16.9. The highest BCUT2D eigenvalue weighted by molar-refractivity contribution is 5.87. The van der Waals surface area contributed by atoms with Gasteiger partial charge in [-0.15, -0.1) is 0 Å². The molecule has 0 bridgehead atoms. The van der Waals surface area contributed by atoms with E-state index >= 15 is 0 Å². The van der Waals surface area contributed by atoms with Crippen LogP contribution >= 0.6 is 0 Å². The van der Waals surface area contributed by atoms with Crippen LogP contribution in [0, 0.1) is 0 Å². The second-order valence-corrected chi connectivity index (χ2v) is 5.64. The first kappa shape index (κ1) is 16.3. The SMILES string of the molecule is COC(=O)[C@H](Cc1cnc2ccccc2n1)NC(=O)[C@@H]1CCCO1. The molecule has 1 fully saturated rings. The fraction of sp³-hybridized carbons (Fsp3) is 0.412. The lowest BCUT2D eigenvalue weighted by Crippen LogP contribution is -2.47. The summed E-state index contributed by atoms with van der Waals surface area (Å²) in [4.78, 5) is 33.0. The zero-order valence-electron chi connectivity index (χ0n) is 13.4. The summed E-state index contributed by atoms with van der Waals surface area (Å²) in [6, 6.07) is 6.66. The normalized spacial score (nSPS) is 18.3. The van der Waals surface area contributed by atoms with Gasteiger partial charge in [-0.25, -0.2) is 9.78 Å². The Labute approximate surface area is 139 Å². The lowest BCUT2D eigenvalue weighted by atomic mass is 10.1. The molecule has 7 nitrogen and oxygen atoms in total. The fourth-order valence-corrected chi connectivity index (χ4v) is 2.69. The maximum Gasteiger partial charge on any atom is 0.328 e. The van der Waals surface area contributed by atoms with Gasteiger partial charge in [0.25, 0.3) is 0 Å². The molecule has 126 valence electrons. The minimum Gasteiger partial charge on any atom is -0.467 e. The number of carbonyl (C=O) groups excluding carboxylic acids is 2. The molecule has 0 unspecified atom stereocenters. The Kier molecular flexibility index (Phi) is 5.00. The van der Waals surface area contributed by atoms with E-state index < -0.39 is 18.1 Å². The van der Waals surface area contributed by atoms with E-state index in [4.69, 9.17) is 9.47 Å². The van der Waals surface area contributed by atoms with Crippen LogP contribution in [-0.4, -0.2) is 47.7 Å². The predicted molar refractivity (Wildman–Crippen MR) is 86.2 cm³/mol. The maximum atomic E-state index is 12.2. The number of ether oxygens (including phenoxy) is 2. The van der Waals surface area contributed by atoms with Crippen molar-refractivity contribution in [2.75, 3.05) is 13.7 Å². The van der Waals surface area contributed by atoms with Gasteiger partial charge < -0.3 is 14.8 Å². The second-order valence-electron chi connectivity index (χ2n) is 5.64. The number of hydrogen-bond acceptors (Lipinski definition) is 6. The van der Waals surface area contributed by atoms with Crippen molar-refractivity contribution in [3.63, 3.8) is 0 Å². The number of para-hydroxylation sites is 2. The summed E-state index contributed by atoms with van der Waals surface area (Å²) in [7, 11) is 1.29.